The van der Waals surface area contributed by atoms with Gasteiger partial charge in [-0.15, -0.1) is 22.7 Å². The predicted octanol–water partition coefficient (Wildman–Crippen LogP) is 18.6. The molecule has 0 atom stereocenters. The highest BCUT2D eigenvalue weighted by atomic mass is 32.1. The lowest BCUT2D eigenvalue weighted by atomic mass is 9.86. The highest BCUT2D eigenvalue weighted by Gasteiger charge is 2.22. The summed E-state index contributed by atoms with van der Waals surface area (Å²) in [6, 6.07) is 74.9. The maximum atomic E-state index is 8.42. The monoisotopic (exact) mass is 912 g/mol. The van der Waals surface area contributed by atoms with E-state index in [2.05, 4.69) is 192 Å². The molecule has 0 N–H and O–H groups in total. The SMILES string of the molecule is [2H]C1([2H])c2ccc(-c3ccc(N(c4ccc(-c5ccc(N(c6ccc(-c7ccc8c(c7)C([2H])([2H])C8([2H])[2H])cc6)c6cccc7c6sc6ccccc67)cc5)cc4)c4cccc5c4sc4ccccc45)cc3)cc2C1([2H])[2H]. The first-order chi connectivity index (χ1) is 36.7. The van der Waals surface area contributed by atoms with E-state index in [1.807, 2.05) is 12.1 Å². The summed E-state index contributed by atoms with van der Waals surface area (Å²) in [7, 11) is 0. The Morgan fingerprint density at radius 1 is 0.294 bits per heavy atom. The van der Waals surface area contributed by atoms with Gasteiger partial charge in [0.25, 0.3) is 0 Å². The van der Waals surface area contributed by atoms with Crippen LogP contribution in [0.1, 0.15) is 33.2 Å². The molecule has 4 heteroatoms. The largest absolute Gasteiger partial charge is 0.309 e. The summed E-state index contributed by atoms with van der Waals surface area (Å²) < 4.78 is 71.6. The molecule has 2 aliphatic rings. The maximum absolute atomic E-state index is 8.42. The van der Waals surface area contributed by atoms with E-state index < -0.39 is 25.5 Å². The Morgan fingerprint density at radius 2 is 0.618 bits per heavy atom. The van der Waals surface area contributed by atoms with E-state index in [9.17, 15) is 0 Å². The van der Waals surface area contributed by atoms with Gasteiger partial charge in [0, 0.05) is 64.7 Å². The summed E-state index contributed by atoms with van der Waals surface area (Å²) in [6.07, 6.45) is -8.12. The molecule has 2 aliphatic carbocycles. The third-order valence-electron chi connectivity index (χ3n) is 13.5. The summed E-state index contributed by atoms with van der Waals surface area (Å²) in [5, 5.41) is 4.84. The first-order valence-corrected chi connectivity index (χ1v) is 24.4. The van der Waals surface area contributed by atoms with Crippen LogP contribution in [-0.2, 0) is 25.5 Å². The van der Waals surface area contributed by atoms with Gasteiger partial charge in [0.15, 0.2) is 0 Å². The van der Waals surface area contributed by atoms with Crippen molar-refractivity contribution >= 4 is 97.1 Å². The van der Waals surface area contributed by atoms with Gasteiger partial charge in [-0.25, -0.2) is 0 Å². The van der Waals surface area contributed by atoms with Crippen LogP contribution in [0, 0.1) is 0 Å². The van der Waals surface area contributed by atoms with E-state index in [1.165, 1.54) is 40.3 Å². The summed E-state index contributed by atoms with van der Waals surface area (Å²) in [5.74, 6) is 0. The Hall–Kier alpha value is -7.76. The number of nitrogens with zero attached hydrogens (tertiary/aromatic N) is 2. The lowest BCUT2D eigenvalue weighted by Gasteiger charge is -2.27. The molecular weight excluding hydrogens is 861 g/mol. The van der Waals surface area contributed by atoms with Crippen molar-refractivity contribution in [2.75, 3.05) is 9.80 Å². The first-order valence-electron chi connectivity index (χ1n) is 26.8. The van der Waals surface area contributed by atoms with Crippen molar-refractivity contribution in [3.8, 4) is 33.4 Å². The lowest BCUT2D eigenvalue weighted by Crippen LogP contribution is -2.10. The molecule has 0 fully saturated rings. The molecule has 2 aromatic heterocycles. The topological polar surface area (TPSA) is 6.48 Å². The summed E-state index contributed by atoms with van der Waals surface area (Å²) in [6.45, 7) is 0. The molecule has 68 heavy (non-hydrogen) atoms. The number of thiophene rings is 2. The van der Waals surface area contributed by atoms with Crippen molar-refractivity contribution in [3.05, 3.63) is 241 Å². The van der Waals surface area contributed by atoms with Crippen LogP contribution in [0.2, 0.25) is 0 Å². The van der Waals surface area contributed by atoms with Crippen LogP contribution in [0.5, 0.6) is 0 Å². The van der Waals surface area contributed by atoms with Crippen molar-refractivity contribution in [3.63, 3.8) is 0 Å². The number of benzene rings is 10. The highest BCUT2D eigenvalue weighted by Crippen LogP contribution is 2.47. The fraction of sp³-hybridized carbons (Fsp3) is 0.0625. The number of aryl methyl sites for hydroxylation is 4. The predicted molar refractivity (Wildman–Crippen MR) is 293 cm³/mol. The molecule has 14 rings (SSSR count). The Kier molecular flexibility index (Phi) is 7.51. The fourth-order valence-corrected chi connectivity index (χ4v) is 12.3. The van der Waals surface area contributed by atoms with Crippen molar-refractivity contribution in [2.45, 2.75) is 25.5 Å². The van der Waals surface area contributed by atoms with Crippen molar-refractivity contribution in [1.82, 2.24) is 0 Å². The average molecular weight is 913 g/mol. The zero-order chi connectivity index (χ0) is 51.9. The summed E-state index contributed by atoms with van der Waals surface area (Å²) in [5.41, 5.74) is 13.3. The van der Waals surface area contributed by atoms with E-state index in [0.29, 0.717) is 22.3 Å². The highest BCUT2D eigenvalue weighted by molar-refractivity contribution is 7.26. The van der Waals surface area contributed by atoms with E-state index in [-0.39, 0.29) is 0 Å². The molecule has 0 unspecified atom stereocenters. The minimum atomic E-state index is -2.05. The number of anilines is 6. The molecule has 322 valence electrons. The van der Waals surface area contributed by atoms with Gasteiger partial charge in [-0.1, -0.05) is 146 Å². The van der Waals surface area contributed by atoms with Gasteiger partial charge >= 0.3 is 0 Å². The van der Waals surface area contributed by atoms with Crippen LogP contribution in [0.15, 0.2) is 218 Å². The van der Waals surface area contributed by atoms with Gasteiger partial charge in [-0.2, -0.15) is 0 Å². The van der Waals surface area contributed by atoms with Gasteiger partial charge < -0.3 is 9.80 Å². The third-order valence-corrected chi connectivity index (χ3v) is 15.9. The molecule has 0 radical (unpaired) electrons. The van der Waals surface area contributed by atoms with Gasteiger partial charge in [0.05, 0.1) is 20.8 Å². The number of hydrogen-bond donors (Lipinski definition) is 0. The number of fused-ring (bicyclic) bond motifs is 8. The Balaban J connectivity index is 0.820. The molecule has 2 nitrogen and oxygen atoms in total. The zero-order valence-corrected chi connectivity index (χ0v) is 38.1. The van der Waals surface area contributed by atoms with Gasteiger partial charge in [0.2, 0.25) is 0 Å². The Morgan fingerprint density at radius 3 is 1.01 bits per heavy atom. The molecular formula is C64H44N2S2. The third kappa shape index (κ3) is 6.58. The molecule has 12 aromatic rings. The maximum Gasteiger partial charge on any atom is 0.0640 e. The number of rotatable bonds is 9. The second-order valence-electron chi connectivity index (χ2n) is 17.4. The van der Waals surface area contributed by atoms with Crippen molar-refractivity contribution in [1.29, 1.82) is 0 Å². The molecule has 0 bridgehead atoms. The van der Waals surface area contributed by atoms with E-state index >= 15 is 0 Å². The van der Waals surface area contributed by atoms with Crippen LogP contribution in [0.3, 0.4) is 0 Å². The standard InChI is InChI=1S/C64H44N2S2/c1-3-13-61-55(7-1)57-9-5-11-59(63(57)67-61)65(53-35-27-45(28-36-53)49-21-17-43-15-19-47(43)39-49)51-31-23-41(24-32-51)42-25-33-52(34-26-42)66(60-12-6-10-58-56-8-2-4-14-62(56)68-64(58)60)54-37-29-46(30-38-54)50-22-18-44-16-20-48(44)40-50/h1-14,17-18,21-40H,15-16,19-20H2/i15D2,16D2,19D2,20D2. The lowest BCUT2D eigenvalue weighted by molar-refractivity contribution is 0.840. The minimum absolute atomic E-state index is 0.403. The summed E-state index contributed by atoms with van der Waals surface area (Å²) >= 11 is 3.57. The van der Waals surface area contributed by atoms with Crippen molar-refractivity contribution in [2.24, 2.45) is 0 Å². The van der Waals surface area contributed by atoms with E-state index in [0.717, 1.165) is 67.5 Å². The second kappa shape index (κ2) is 16.0. The van der Waals surface area contributed by atoms with Gasteiger partial charge in [0.1, 0.15) is 0 Å². The molecule has 0 amide bonds. The minimum Gasteiger partial charge on any atom is -0.309 e. The molecule has 0 saturated heterocycles. The summed E-state index contributed by atoms with van der Waals surface area (Å²) in [4.78, 5) is 4.61. The second-order valence-corrected chi connectivity index (χ2v) is 19.5. The molecule has 0 spiro atoms. The van der Waals surface area contributed by atoms with Crippen LogP contribution in [0.25, 0.3) is 73.7 Å². The molecule has 0 saturated carbocycles. The van der Waals surface area contributed by atoms with Gasteiger partial charge in [-0.3, -0.25) is 0 Å². The van der Waals surface area contributed by atoms with E-state index in [1.54, 1.807) is 46.9 Å². The Labute approximate surface area is 415 Å². The smallest absolute Gasteiger partial charge is 0.0640 e. The van der Waals surface area contributed by atoms with Crippen molar-refractivity contribution < 1.29 is 11.0 Å². The molecule has 2 heterocycles. The van der Waals surface area contributed by atoms with Crippen LogP contribution in [0.4, 0.5) is 34.1 Å². The molecule has 0 aliphatic heterocycles. The van der Waals surface area contributed by atoms with Crippen LogP contribution >= 0.6 is 22.7 Å². The average Bonchev–Trinajstić information content (AvgIpc) is 4.16. The van der Waals surface area contributed by atoms with Crippen LogP contribution < -0.4 is 9.80 Å². The quantitative estimate of drug-likeness (QED) is 0.142. The fourth-order valence-electron chi connectivity index (χ4n) is 9.90. The zero-order valence-electron chi connectivity index (χ0n) is 44.5. The van der Waals surface area contributed by atoms with Gasteiger partial charge in [-0.05, 0) is 154 Å². The Bertz CT molecular complexity index is 4020. The molecule has 10 aromatic carbocycles. The normalized spacial score (nSPS) is 17.5. The number of hydrogen-bond acceptors (Lipinski definition) is 4. The first kappa shape index (κ1) is 32.0. The van der Waals surface area contributed by atoms with E-state index in [4.69, 9.17) is 11.0 Å². The van der Waals surface area contributed by atoms with Crippen LogP contribution in [-0.4, -0.2) is 0 Å².